The largest absolute Gasteiger partial charge is 0.497 e. The Morgan fingerprint density at radius 3 is 2.52 bits per heavy atom. The van der Waals surface area contributed by atoms with E-state index in [0.717, 1.165) is 57.6 Å². The topological polar surface area (TPSA) is 57.6 Å². The summed E-state index contributed by atoms with van der Waals surface area (Å²) in [6.07, 6.45) is 3.26. The Bertz CT molecular complexity index is 1270. The molecule has 6 heteroatoms. The lowest BCUT2D eigenvalue weighted by Crippen LogP contribution is -2.33. The normalized spacial score (nSPS) is 15.6. The Labute approximate surface area is 199 Å². The Morgan fingerprint density at radius 2 is 1.76 bits per heavy atom. The monoisotopic (exact) mass is 461 g/mol. The van der Waals surface area contributed by atoms with E-state index in [-0.39, 0.29) is 0 Å². The highest BCUT2D eigenvalue weighted by Gasteiger charge is 2.16. The quantitative estimate of drug-likeness (QED) is 0.329. The van der Waals surface area contributed by atoms with Crippen molar-refractivity contribution in [1.82, 2.24) is 9.88 Å². The smallest absolute Gasteiger partial charge is 0.119 e. The van der Waals surface area contributed by atoms with Crippen LogP contribution in [0.3, 0.4) is 0 Å². The van der Waals surface area contributed by atoms with E-state index in [9.17, 15) is 5.11 Å². The van der Waals surface area contributed by atoms with Crippen molar-refractivity contribution >= 4 is 44.8 Å². The van der Waals surface area contributed by atoms with Crippen LogP contribution < -0.4 is 10.1 Å². The molecule has 1 atom stereocenters. The number of fused-ring (bicyclic) bond motifs is 2. The van der Waals surface area contributed by atoms with E-state index < -0.39 is 6.10 Å². The summed E-state index contributed by atoms with van der Waals surface area (Å²) in [7, 11) is 1.66. The lowest BCUT2D eigenvalue weighted by Gasteiger charge is -2.28. The zero-order chi connectivity index (χ0) is 22.8. The Morgan fingerprint density at radius 1 is 0.970 bits per heavy atom. The number of hydrogen-bond donors (Lipinski definition) is 2. The van der Waals surface area contributed by atoms with Gasteiger partial charge in [0.15, 0.2) is 0 Å². The maximum absolute atomic E-state index is 10.7. The molecule has 1 aromatic heterocycles. The van der Waals surface area contributed by atoms with Crippen LogP contribution in [0.25, 0.3) is 21.8 Å². The first-order valence-corrected chi connectivity index (χ1v) is 11.8. The minimum absolute atomic E-state index is 0.480. The minimum Gasteiger partial charge on any atom is -0.497 e. The van der Waals surface area contributed by atoms with Gasteiger partial charge in [0.25, 0.3) is 0 Å². The fourth-order valence-corrected chi connectivity index (χ4v) is 4.75. The van der Waals surface area contributed by atoms with Gasteiger partial charge in [0, 0.05) is 28.0 Å². The molecule has 1 saturated heterocycles. The van der Waals surface area contributed by atoms with Gasteiger partial charge in [0.1, 0.15) is 5.75 Å². The predicted molar refractivity (Wildman–Crippen MR) is 136 cm³/mol. The molecule has 1 fully saturated rings. The number of aromatic nitrogens is 1. The number of nitrogens with zero attached hydrogens (tertiary/aromatic N) is 2. The maximum Gasteiger partial charge on any atom is 0.119 e. The van der Waals surface area contributed by atoms with Crippen LogP contribution >= 0.6 is 11.6 Å². The van der Waals surface area contributed by atoms with Crippen LogP contribution in [0.1, 0.15) is 30.9 Å². The molecule has 170 valence electrons. The molecule has 4 aromatic rings. The van der Waals surface area contributed by atoms with Crippen LogP contribution in [-0.4, -0.2) is 41.7 Å². The number of β-amino-alcohol motifs (C(OH)–C–C–N with tert-alkyl or cyclic N) is 1. The third-order valence-electron chi connectivity index (χ3n) is 6.39. The summed E-state index contributed by atoms with van der Waals surface area (Å²) in [6.45, 7) is 2.84. The Balaban J connectivity index is 1.46. The number of pyridine rings is 1. The van der Waals surface area contributed by atoms with Crippen molar-refractivity contribution in [3.05, 3.63) is 71.2 Å². The number of rotatable bonds is 6. The van der Waals surface area contributed by atoms with Gasteiger partial charge < -0.3 is 20.1 Å². The van der Waals surface area contributed by atoms with Crippen LogP contribution in [-0.2, 0) is 0 Å². The number of halogens is 1. The Kier molecular flexibility index (Phi) is 6.36. The number of ether oxygens (including phenoxy) is 1. The molecule has 0 saturated carbocycles. The van der Waals surface area contributed by atoms with E-state index in [0.29, 0.717) is 11.6 Å². The van der Waals surface area contributed by atoms with Crippen molar-refractivity contribution in [3.8, 4) is 5.75 Å². The molecule has 1 aliphatic heterocycles. The molecular formula is C27H28ClN3O2. The van der Waals surface area contributed by atoms with Crippen molar-refractivity contribution in [3.63, 3.8) is 0 Å². The number of likely N-dealkylation sites (tertiary alicyclic amines) is 1. The molecular weight excluding hydrogens is 434 g/mol. The summed E-state index contributed by atoms with van der Waals surface area (Å²) in [6, 6.07) is 19.6. The van der Waals surface area contributed by atoms with Gasteiger partial charge in [-0.1, -0.05) is 30.2 Å². The molecule has 0 amide bonds. The predicted octanol–water partition coefficient (Wildman–Crippen LogP) is 6.31. The maximum atomic E-state index is 10.7. The number of nitrogens with one attached hydrogen (secondary N) is 1. The molecule has 2 N–H and O–H groups in total. The van der Waals surface area contributed by atoms with Gasteiger partial charge in [-0.2, -0.15) is 0 Å². The number of aliphatic hydroxyl groups is 1. The number of benzene rings is 3. The number of piperidine rings is 1. The zero-order valence-electron chi connectivity index (χ0n) is 18.7. The van der Waals surface area contributed by atoms with Crippen LogP contribution in [0, 0.1) is 0 Å². The van der Waals surface area contributed by atoms with E-state index in [4.69, 9.17) is 21.3 Å². The first-order chi connectivity index (χ1) is 16.1. The molecule has 33 heavy (non-hydrogen) atoms. The summed E-state index contributed by atoms with van der Waals surface area (Å²) in [5, 5.41) is 16.9. The van der Waals surface area contributed by atoms with Gasteiger partial charge in [-0.15, -0.1) is 0 Å². The van der Waals surface area contributed by atoms with Crippen LogP contribution in [0.4, 0.5) is 11.4 Å². The standard InChI is InChI=1S/C27H28ClN3O2/c1-33-21-10-12-24-23(16-21)27(22-11-7-19(28)15-25(22)30-24)29-20-8-5-18(6-9-20)26(32)17-31-13-3-2-4-14-31/h5-12,15-16,26,32H,2-4,13-14,17H2,1H3,(H,29,30)/t26-/m0/s1. The summed E-state index contributed by atoms with van der Waals surface area (Å²) in [4.78, 5) is 7.15. The van der Waals surface area contributed by atoms with Gasteiger partial charge in [0.2, 0.25) is 0 Å². The summed E-state index contributed by atoms with van der Waals surface area (Å²) >= 11 is 6.24. The molecule has 5 nitrogen and oxygen atoms in total. The number of anilines is 2. The minimum atomic E-state index is -0.480. The molecule has 5 rings (SSSR count). The fourth-order valence-electron chi connectivity index (χ4n) is 4.58. The van der Waals surface area contributed by atoms with E-state index >= 15 is 0 Å². The molecule has 0 bridgehead atoms. The number of hydrogen-bond acceptors (Lipinski definition) is 5. The molecule has 0 aliphatic carbocycles. The average molecular weight is 462 g/mol. The second-order valence-corrected chi connectivity index (χ2v) is 9.09. The summed E-state index contributed by atoms with van der Waals surface area (Å²) in [5.41, 5.74) is 4.52. The van der Waals surface area contributed by atoms with Gasteiger partial charge in [-0.05, 0) is 80.0 Å². The number of aliphatic hydroxyl groups excluding tert-OH is 1. The zero-order valence-corrected chi connectivity index (χ0v) is 19.5. The molecule has 0 radical (unpaired) electrons. The van der Waals surface area contributed by atoms with Gasteiger partial charge in [-0.25, -0.2) is 4.98 Å². The summed E-state index contributed by atoms with van der Waals surface area (Å²) in [5.74, 6) is 0.775. The van der Waals surface area contributed by atoms with Crippen molar-refractivity contribution in [2.75, 3.05) is 32.1 Å². The molecule has 2 heterocycles. The second-order valence-electron chi connectivity index (χ2n) is 8.66. The van der Waals surface area contributed by atoms with Crippen LogP contribution in [0.15, 0.2) is 60.7 Å². The van der Waals surface area contributed by atoms with E-state index in [1.165, 1.54) is 19.3 Å². The Hall–Kier alpha value is -2.86. The average Bonchev–Trinajstić information content (AvgIpc) is 2.84. The molecule has 1 aliphatic rings. The van der Waals surface area contributed by atoms with Crippen LogP contribution in [0.2, 0.25) is 5.02 Å². The highest BCUT2D eigenvalue weighted by molar-refractivity contribution is 6.31. The highest BCUT2D eigenvalue weighted by atomic mass is 35.5. The molecule has 0 unspecified atom stereocenters. The van der Waals surface area contributed by atoms with Crippen molar-refractivity contribution in [1.29, 1.82) is 0 Å². The first-order valence-electron chi connectivity index (χ1n) is 11.4. The lowest BCUT2D eigenvalue weighted by molar-refractivity contribution is 0.101. The lowest BCUT2D eigenvalue weighted by atomic mass is 10.1. The van der Waals surface area contributed by atoms with E-state index in [2.05, 4.69) is 10.2 Å². The third kappa shape index (κ3) is 4.76. The van der Waals surface area contributed by atoms with Gasteiger partial charge in [0.05, 0.1) is 29.9 Å². The van der Waals surface area contributed by atoms with Gasteiger partial charge >= 0.3 is 0 Å². The van der Waals surface area contributed by atoms with Crippen molar-refractivity contribution < 1.29 is 9.84 Å². The highest BCUT2D eigenvalue weighted by Crippen LogP contribution is 2.36. The van der Waals surface area contributed by atoms with E-state index in [1.54, 1.807) is 7.11 Å². The second kappa shape index (κ2) is 9.56. The van der Waals surface area contributed by atoms with Crippen molar-refractivity contribution in [2.45, 2.75) is 25.4 Å². The van der Waals surface area contributed by atoms with E-state index in [1.807, 2.05) is 60.7 Å². The fraction of sp³-hybridized carbons (Fsp3) is 0.296. The molecule has 3 aromatic carbocycles. The third-order valence-corrected chi connectivity index (χ3v) is 6.62. The summed E-state index contributed by atoms with van der Waals surface area (Å²) < 4.78 is 5.45. The van der Waals surface area contributed by atoms with Crippen molar-refractivity contribution in [2.24, 2.45) is 0 Å². The molecule has 0 spiro atoms. The van der Waals surface area contributed by atoms with Crippen LogP contribution in [0.5, 0.6) is 5.75 Å². The first kappa shape index (κ1) is 22.0. The number of methoxy groups -OCH3 is 1. The SMILES string of the molecule is COc1ccc2nc3cc(Cl)ccc3c(Nc3ccc([C@@H](O)CN4CCCCC4)cc3)c2c1. The van der Waals surface area contributed by atoms with Gasteiger partial charge in [-0.3, -0.25) is 0 Å².